The average molecular weight is 311 g/mol. The van der Waals surface area contributed by atoms with Crippen molar-refractivity contribution in [3.8, 4) is 11.4 Å². The minimum atomic E-state index is -0.185. The van der Waals surface area contributed by atoms with Crippen LogP contribution in [-0.2, 0) is 6.54 Å². The molecule has 1 saturated heterocycles. The summed E-state index contributed by atoms with van der Waals surface area (Å²) in [4.78, 5) is 21.7. The summed E-state index contributed by atoms with van der Waals surface area (Å²) >= 11 is 0. The van der Waals surface area contributed by atoms with Gasteiger partial charge >= 0.3 is 0 Å². The third-order valence-corrected chi connectivity index (χ3v) is 4.83. The first kappa shape index (κ1) is 14.6. The molecule has 2 fully saturated rings. The van der Waals surface area contributed by atoms with Crippen LogP contribution < -0.4 is 5.56 Å². The second-order valence-electron chi connectivity index (χ2n) is 6.69. The fourth-order valence-electron chi connectivity index (χ4n) is 3.27. The molecule has 1 aliphatic heterocycles. The number of likely N-dealkylation sites (tertiary alicyclic amines) is 1. The van der Waals surface area contributed by atoms with Crippen molar-refractivity contribution in [1.29, 1.82) is 0 Å². The summed E-state index contributed by atoms with van der Waals surface area (Å²) in [5.41, 5.74) is 2.97. The van der Waals surface area contributed by atoms with Gasteiger partial charge in [0.1, 0.15) is 5.82 Å². The Kier molecular flexibility index (Phi) is 3.75. The highest BCUT2D eigenvalue weighted by molar-refractivity contribution is 5.56. The number of hydrogen-bond donors (Lipinski definition) is 2. The van der Waals surface area contributed by atoms with Crippen LogP contribution in [0.15, 0.2) is 35.1 Å². The Morgan fingerprint density at radius 2 is 2.09 bits per heavy atom. The summed E-state index contributed by atoms with van der Waals surface area (Å²) in [6.45, 7) is 2.28. The maximum Gasteiger partial charge on any atom is 0.251 e. The van der Waals surface area contributed by atoms with Crippen LogP contribution in [-0.4, -0.2) is 39.2 Å². The quantitative estimate of drug-likeness (QED) is 0.904. The van der Waals surface area contributed by atoms with Crippen LogP contribution in [0.3, 0.4) is 0 Å². The van der Waals surface area contributed by atoms with Gasteiger partial charge in [-0.3, -0.25) is 9.69 Å². The molecule has 2 N–H and O–H groups in total. The molecular formula is C18H21N3O2. The Hall–Kier alpha value is -1.98. The predicted octanol–water partition coefficient (Wildman–Crippen LogP) is 1.88. The van der Waals surface area contributed by atoms with E-state index in [9.17, 15) is 9.90 Å². The Morgan fingerprint density at radius 1 is 1.26 bits per heavy atom. The summed E-state index contributed by atoms with van der Waals surface area (Å²) in [6, 6.07) is 9.77. The molecule has 1 aliphatic carbocycles. The first-order valence-corrected chi connectivity index (χ1v) is 8.28. The van der Waals surface area contributed by atoms with Gasteiger partial charge in [-0.1, -0.05) is 24.6 Å². The Morgan fingerprint density at radius 3 is 2.78 bits per heavy atom. The van der Waals surface area contributed by atoms with E-state index < -0.39 is 0 Å². The molecule has 2 heterocycles. The molecule has 0 amide bonds. The number of aliphatic hydroxyl groups is 1. The molecule has 1 aromatic carbocycles. The molecule has 0 bridgehead atoms. The van der Waals surface area contributed by atoms with Crippen molar-refractivity contribution in [2.24, 2.45) is 0 Å². The van der Waals surface area contributed by atoms with Crippen molar-refractivity contribution in [1.82, 2.24) is 14.9 Å². The zero-order chi connectivity index (χ0) is 15.8. The highest BCUT2D eigenvalue weighted by Crippen LogP contribution is 2.35. The lowest BCUT2D eigenvalue weighted by Gasteiger charge is -2.35. The monoisotopic (exact) mass is 311 g/mol. The number of aromatic amines is 1. The lowest BCUT2D eigenvalue weighted by Crippen LogP contribution is -2.49. The van der Waals surface area contributed by atoms with Gasteiger partial charge in [0.2, 0.25) is 0 Å². The fourth-order valence-corrected chi connectivity index (χ4v) is 3.27. The van der Waals surface area contributed by atoms with Crippen molar-refractivity contribution in [3.63, 3.8) is 0 Å². The molecule has 2 aliphatic rings. The van der Waals surface area contributed by atoms with Crippen molar-refractivity contribution in [3.05, 3.63) is 51.9 Å². The third-order valence-electron chi connectivity index (χ3n) is 4.83. The lowest BCUT2D eigenvalue weighted by atomic mass is 9.83. The van der Waals surface area contributed by atoms with Crippen LogP contribution >= 0.6 is 0 Å². The van der Waals surface area contributed by atoms with Crippen molar-refractivity contribution in [2.75, 3.05) is 13.1 Å². The topological polar surface area (TPSA) is 69.2 Å². The molecule has 5 heteroatoms. The normalized spacial score (nSPS) is 19.3. The van der Waals surface area contributed by atoms with Gasteiger partial charge in [-0.25, -0.2) is 4.98 Å². The number of aliphatic hydroxyl groups excluding tert-OH is 1. The zero-order valence-electron chi connectivity index (χ0n) is 13.0. The summed E-state index contributed by atoms with van der Waals surface area (Å²) in [5, 5.41) is 9.38. The van der Waals surface area contributed by atoms with Gasteiger partial charge in [0.25, 0.3) is 5.56 Å². The molecule has 5 nitrogen and oxygen atoms in total. The van der Waals surface area contributed by atoms with Gasteiger partial charge < -0.3 is 10.1 Å². The van der Waals surface area contributed by atoms with E-state index in [1.54, 1.807) is 6.07 Å². The van der Waals surface area contributed by atoms with Crippen molar-refractivity contribution >= 4 is 0 Å². The molecule has 0 atom stereocenters. The van der Waals surface area contributed by atoms with E-state index in [0.29, 0.717) is 11.7 Å². The number of β-amino-alcohol motifs (C(OH)–C–C–N with tert-alkyl or cyclic N) is 1. The van der Waals surface area contributed by atoms with E-state index in [1.165, 1.54) is 12.0 Å². The number of rotatable bonds is 4. The molecule has 0 spiro atoms. The van der Waals surface area contributed by atoms with Crippen LogP contribution in [0, 0.1) is 0 Å². The maximum absolute atomic E-state index is 12.0. The molecule has 2 aromatic rings. The van der Waals surface area contributed by atoms with Crippen LogP contribution in [0.25, 0.3) is 11.4 Å². The van der Waals surface area contributed by atoms with Gasteiger partial charge in [-0.05, 0) is 24.5 Å². The number of H-pyrrole nitrogens is 1. The van der Waals surface area contributed by atoms with Gasteiger partial charge in [-0.15, -0.1) is 0 Å². The number of nitrogens with one attached hydrogen (secondary N) is 1. The SMILES string of the molecule is O=c1cc(C2CCC2)nc(-c2cccc(CN3CC(O)C3)c2)[nH]1. The lowest BCUT2D eigenvalue weighted by molar-refractivity contribution is -0.00285. The van der Waals surface area contributed by atoms with Crippen molar-refractivity contribution < 1.29 is 5.11 Å². The first-order valence-electron chi connectivity index (χ1n) is 8.28. The molecule has 120 valence electrons. The smallest absolute Gasteiger partial charge is 0.251 e. The van der Waals surface area contributed by atoms with Crippen LogP contribution in [0.5, 0.6) is 0 Å². The van der Waals surface area contributed by atoms with Gasteiger partial charge in [0, 0.05) is 37.2 Å². The van der Waals surface area contributed by atoms with E-state index in [-0.39, 0.29) is 11.7 Å². The zero-order valence-corrected chi connectivity index (χ0v) is 13.0. The van der Waals surface area contributed by atoms with E-state index >= 15 is 0 Å². The first-order chi connectivity index (χ1) is 11.2. The highest BCUT2D eigenvalue weighted by atomic mass is 16.3. The Balaban J connectivity index is 1.59. The number of hydrogen-bond acceptors (Lipinski definition) is 4. The molecule has 4 rings (SSSR count). The Labute approximate surface area is 135 Å². The Bertz CT molecular complexity index is 761. The second kappa shape index (κ2) is 5.91. The average Bonchev–Trinajstić information content (AvgIpc) is 2.43. The fraction of sp³-hybridized carbons (Fsp3) is 0.444. The number of aromatic nitrogens is 2. The van der Waals surface area contributed by atoms with E-state index in [0.717, 1.165) is 43.7 Å². The van der Waals surface area contributed by atoms with Gasteiger partial charge in [-0.2, -0.15) is 0 Å². The second-order valence-corrected chi connectivity index (χ2v) is 6.69. The number of benzene rings is 1. The standard InChI is InChI=1S/C18H21N3O2/c22-15-10-21(11-15)9-12-3-1-6-14(7-12)18-19-16(8-17(23)20-18)13-4-2-5-13/h1,3,6-8,13,15,22H,2,4-5,9-11H2,(H,19,20,23). The van der Waals surface area contributed by atoms with E-state index in [1.807, 2.05) is 12.1 Å². The van der Waals surface area contributed by atoms with Crippen LogP contribution in [0.4, 0.5) is 0 Å². The largest absolute Gasteiger partial charge is 0.390 e. The van der Waals surface area contributed by atoms with Crippen LogP contribution in [0.1, 0.15) is 36.4 Å². The maximum atomic E-state index is 12.0. The molecular weight excluding hydrogens is 290 g/mol. The van der Waals surface area contributed by atoms with Gasteiger partial charge in [0.05, 0.1) is 11.8 Å². The minimum Gasteiger partial charge on any atom is -0.390 e. The van der Waals surface area contributed by atoms with Gasteiger partial charge in [0.15, 0.2) is 0 Å². The molecule has 1 aromatic heterocycles. The summed E-state index contributed by atoms with van der Waals surface area (Å²) in [7, 11) is 0. The summed E-state index contributed by atoms with van der Waals surface area (Å²) < 4.78 is 0. The number of nitrogens with zero attached hydrogens (tertiary/aromatic N) is 2. The molecule has 0 radical (unpaired) electrons. The minimum absolute atomic E-state index is 0.0758. The molecule has 23 heavy (non-hydrogen) atoms. The van der Waals surface area contributed by atoms with Crippen molar-refractivity contribution in [2.45, 2.75) is 37.8 Å². The van der Waals surface area contributed by atoms with E-state index in [2.05, 4.69) is 27.0 Å². The van der Waals surface area contributed by atoms with Crippen LogP contribution in [0.2, 0.25) is 0 Å². The molecule has 1 saturated carbocycles. The predicted molar refractivity (Wildman–Crippen MR) is 88.2 cm³/mol. The molecule has 0 unspecified atom stereocenters. The summed E-state index contributed by atoms with van der Waals surface area (Å²) in [5.74, 6) is 1.10. The third kappa shape index (κ3) is 3.07. The van der Waals surface area contributed by atoms with E-state index in [4.69, 9.17) is 0 Å². The summed E-state index contributed by atoms with van der Waals surface area (Å²) in [6.07, 6.45) is 3.31. The highest BCUT2D eigenvalue weighted by Gasteiger charge is 2.24.